The van der Waals surface area contributed by atoms with Gasteiger partial charge in [0.05, 0.1) is 24.2 Å². The minimum atomic E-state index is -3.19. The summed E-state index contributed by atoms with van der Waals surface area (Å²) >= 11 is 0. The van der Waals surface area contributed by atoms with Gasteiger partial charge in [0.1, 0.15) is 17.0 Å². The Bertz CT molecular complexity index is 977. The lowest BCUT2D eigenvalue weighted by molar-refractivity contribution is 0.0332. The van der Waals surface area contributed by atoms with Gasteiger partial charge in [-0.15, -0.1) is 0 Å². The standard InChI is InChI=1S/C18H25FN4O7S/c1-18(2,3)30-17(26)21-22(4)15(24)13-11(16(25)29-5)10-12(20-14(13)19)23-6-8-31(27,28)9-7-23/h10H,6-9H2,1-5H3,(H,21,26). The topological polar surface area (TPSA) is 135 Å². The Hall–Kier alpha value is -2.96. The number of amides is 2. The number of nitrogens with zero attached hydrogens (tertiary/aromatic N) is 3. The molecule has 0 radical (unpaired) electrons. The van der Waals surface area contributed by atoms with Crippen molar-refractivity contribution in [2.24, 2.45) is 0 Å². The van der Waals surface area contributed by atoms with Gasteiger partial charge >= 0.3 is 12.1 Å². The van der Waals surface area contributed by atoms with E-state index in [0.29, 0.717) is 5.01 Å². The second kappa shape index (κ2) is 9.04. The predicted octanol–water partition coefficient (Wildman–Crippen LogP) is 0.754. The molecule has 0 saturated carbocycles. The number of hydrazine groups is 1. The third-order valence-electron chi connectivity index (χ3n) is 4.21. The highest BCUT2D eigenvalue weighted by atomic mass is 32.2. The van der Waals surface area contributed by atoms with Crippen LogP contribution in [0.25, 0.3) is 0 Å². The van der Waals surface area contributed by atoms with E-state index in [4.69, 9.17) is 4.74 Å². The fourth-order valence-electron chi connectivity index (χ4n) is 2.74. The van der Waals surface area contributed by atoms with E-state index in [2.05, 4.69) is 15.1 Å². The van der Waals surface area contributed by atoms with Crippen LogP contribution in [-0.2, 0) is 19.3 Å². The summed E-state index contributed by atoms with van der Waals surface area (Å²) in [7, 11) is -0.981. The van der Waals surface area contributed by atoms with E-state index in [9.17, 15) is 27.2 Å². The van der Waals surface area contributed by atoms with Crippen LogP contribution >= 0.6 is 0 Å². The molecule has 2 rings (SSSR count). The first-order valence-corrected chi connectivity index (χ1v) is 11.1. The molecule has 13 heteroatoms. The molecule has 1 aromatic rings. The van der Waals surface area contributed by atoms with Crippen molar-refractivity contribution >= 4 is 33.6 Å². The number of carbonyl (C=O) groups is 3. The molecular weight excluding hydrogens is 435 g/mol. The highest BCUT2D eigenvalue weighted by Gasteiger charge is 2.31. The Kier molecular flexibility index (Phi) is 7.09. The second-order valence-electron chi connectivity index (χ2n) is 7.80. The Morgan fingerprint density at radius 1 is 1.23 bits per heavy atom. The lowest BCUT2D eigenvalue weighted by Gasteiger charge is -2.28. The van der Waals surface area contributed by atoms with Gasteiger partial charge in [-0.25, -0.2) is 28.4 Å². The van der Waals surface area contributed by atoms with E-state index in [1.165, 1.54) is 4.90 Å². The molecule has 0 aromatic carbocycles. The van der Waals surface area contributed by atoms with Gasteiger partial charge in [0.25, 0.3) is 5.91 Å². The first-order chi connectivity index (χ1) is 14.2. The maximum Gasteiger partial charge on any atom is 0.426 e. The van der Waals surface area contributed by atoms with E-state index in [1.807, 2.05) is 0 Å². The van der Waals surface area contributed by atoms with Crippen LogP contribution < -0.4 is 10.3 Å². The maximum absolute atomic E-state index is 14.9. The minimum absolute atomic E-state index is 0.00731. The molecule has 0 atom stereocenters. The number of anilines is 1. The van der Waals surface area contributed by atoms with Crippen molar-refractivity contribution in [3.05, 3.63) is 23.1 Å². The molecule has 0 bridgehead atoms. The molecular formula is C18H25FN4O7S. The number of nitrogens with one attached hydrogen (secondary N) is 1. The van der Waals surface area contributed by atoms with Gasteiger partial charge in [0.2, 0.25) is 5.95 Å². The third-order valence-corrected chi connectivity index (χ3v) is 5.82. The fraction of sp³-hybridized carbons (Fsp3) is 0.556. The lowest BCUT2D eigenvalue weighted by atomic mass is 10.1. The van der Waals surface area contributed by atoms with Gasteiger partial charge in [0, 0.05) is 20.1 Å². The summed E-state index contributed by atoms with van der Waals surface area (Å²) in [5, 5.41) is 0.660. The van der Waals surface area contributed by atoms with Crippen LogP contribution in [0.4, 0.5) is 15.0 Å². The van der Waals surface area contributed by atoms with Crippen molar-refractivity contribution in [3.8, 4) is 0 Å². The largest absolute Gasteiger partial charge is 0.465 e. The summed E-state index contributed by atoms with van der Waals surface area (Å²) in [5.74, 6) is -3.63. The zero-order chi connectivity index (χ0) is 23.6. The number of aromatic nitrogens is 1. The molecule has 31 heavy (non-hydrogen) atoms. The molecule has 0 unspecified atom stereocenters. The smallest absolute Gasteiger partial charge is 0.426 e. The molecule has 0 spiro atoms. The molecule has 11 nitrogen and oxygen atoms in total. The van der Waals surface area contributed by atoms with Crippen molar-refractivity contribution in [1.82, 2.24) is 15.4 Å². The summed E-state index contributed by atoms with van der Waals surface area (Å²) in [6.07, 6.45) is -0.956. The van der Waals surface area contributed by atoms with Crippen LogP contribution in [0, 0.1) is 5.95 Å². The normalized spacial score (nSPS) is 15.7. The Morgan fingerprint density at radius 3 is 2.32 bits per heavy atom. The average molecular weight is 460 g/mol. The van der Waals surface area contributed by atoms with Crippen molar-refractivity contribution < 1.29 is 36.7 Å². The number of methoxy groups -OCH3 is 1. The summed E-state index contributed by atoms with van der Waals surface area (Å²) in [5.41, 5.74) is 0.175. The molecule has 2 heterocycles. The van der Waals surface area contributed by atoms with Crippen molar-refractivity contribution in [3.63, 3.8) is 0 Å². The highest BCUT2D eigenvalue weighted by Crippen LogP contribution is 2.23. The third kappa shape index (κ3) is 6.26. The quantitative estimate of drug-likeness (QED) is 0.394. The van der Waals surface area contributed by atoms with Crippen molar-refractivity contribution in [2.75, 3.05) is 43.7 Å². The fourth-order valence-corrected chi connectivity index (χ4v) is 3.94. The Labute approximate surface area is 179 Å². The van der Waals surface area contributed by atoms with Crippen LogP contribution in [0.3, 0.4) is 0 Å². The molecule has 172 valence electrons. The van der Waals surface area contributed by atoms with Gasteiger partial charge in [-0.3, -0.25) is 9.80 Å². The SMILES string of the molecule is COC(=O)c1cc(N2CCS(=O)(=O)CC2)nc(F)c1C(=O)N(C)NC(=O)OC(C)(C)C. The van der Waals surface area contributed by atoms with Gasteiger partial charge in [0.15, 0.2) is 9.84 Å². The summed E-state index contributed by atoms with van der Waals surface area (Å²) in [6, 6.07) is 1.15. The summed E-state index contributed by atoms with van der Waals surface area (Å²) in [6.45, 7) is 4.99. The number of carbonyl (C=O) groups excluding carboxylic acids is 3. The number of esters is 1. The molecule has 1 aliphatic heterocycles. The number of halogens is 1. The van der Waals surface area contributed by atoms with Gasteiger partial charge in [-0.2, -0.15) is 4.39 Å². The van der Waals surface area contributed by atoms with Crippen molar-refractivity contribution in [2.45, 2.75) is 26.4 Å². The number of hydrogen-bond donors (Lipinski definition) is 1. The number of ether oxygens (including phenoxy) is 2. The van der Waals surface area contributed by atoms with E-state index in [1.54, 1.807) is 20.8 Å². The first kappa shape index (κ1) is 24.3. The van der Waals surface area contributed by atoms with E-state index in [-0.39, 0.29) is 30.4 Å². The molecule has 1 N–H and O–H groups in total. The molecule has 2 amide bonds. The highest BCUT2D eigenvalue weighted by molar-refractivity contribution is 7.91. The average Bonchev–Trinajstić information content (AvgIpc) is 2.64. The molecule has 1 aliphatic rings. The Morgan fingerprint density at radius 2 is 1.81 bits per heavy atom. The van der Waals surface area contributed by atoms with Crippen LogP contribution in [0.15, 0.2) is 6.07 Å². The Balaban J connectivity index is 2.35. The number of sulfone groups is 1. The van der Waals surface area contributed by atoms with Crippen LogP contribution in [0.5, 0.6) is 0 Å². The zero-order valence-electron chi connectivity index (χ0n) is 17.9. The van der Waals surface area contributed by atoms with Crippen LogP contribution in [0.2, 0.25) is 0 Å². The summed E-state index contributed by atoms with van der Waals surface area (Å²) in [4.78, 5) is 42.1. The van der Waals surface area contributed by atoms with Crippen LogP contribution in [-0.4, -0.2) is 80.7 Å². The van der Waals surface area contributed by atoms with Gasteiger partial charge in [-0.05, 0) is 26.8 Å². The van der Waals surface area contributed by atoms with E-state index < -0.39 is 50.5 Å². The minimum Gasteiger partial charge on any atom is -0.465 e. The zero-order valence-corrected chi connectivity index (χ0v) is 18.7. The number of rotatable bonds is 3. The van der Waals surface area contributed by atoms with Crippen LogP contribution in [0.1, 0.15) is 41.5 Å². The maximum atomic E-state index is 14.9. The van der Waals surface area contributed by atoms with Gasteiger partial charge in [-0.1, -0.05) is 0 Å². The van der Waals surface area contributed by atoms with Crippen molar-refractivity contribution in [1.29, 1.82) is 0 Å². The number of pyridine rings is 1. The second-order valence-corrected chi connectivity index (χ2v) is 10.1. The molecule has 1 fully saturated rings. The lowest BCUT2D eigenvalue weighted by Crippen LogP contribution is -2.46. The molecule has 1 saturated heterocycles. The summed E-state index contributed by atoms with van der Waals surface area (Å²) < 4.78 is 47.8. The molecule has 0 aliphatic carbocycles. The van der Waals surface area contributed by atoms with E-state index in [0.717, 1.165) is 20.2 Å². The van der Waals surface area contributed by atoms with E-state index >= 15 is 0 Å². The first-order valence-electron chi connectivity index (χ1n) is 9.26. The monoisotopic (exact) mass is 460 g/mol. The molecule has 1 aromatic heterocycles. The van der Waals surface area contributed by atoms with Gasteiger partial charge < -0.3 is 14.4 Å². The predicted molar refractivity (Wildman–Crippen MR) is 108 cm³/mol. The number of hydrogen-bond acceptors (Lipinski definition) is 9.